The molecule has 0 fully saturated rings. The summed E-state index contributed by atoms with van der Waals surface area (Å²) in [7, 11) is -2.80. The molecule has 0 spiro atoms. The molecule has 19 heavy (non-hydrogen) atoms. The minimum Gasteiger partial charge on any atom is -0.468 e. The van der Waals surface area contributed by atoms with Gasteiger partial charge in [-0.25, -0.2) is 13.1 Å². The molecule has 0 saturated heterocycles. The van der Waals surface area contributed by atoms with Crippen LogP contribution < -0.4 is 4.72 Å². The SMILES string of the molecule is COC(=O)C(C)S(=O)(=O)N[C@H](CO)c1ccccc1. The van der Waals surface area contributed by atoms with Gasteiger partial charge in [0.1, 0.15) is 0 Å². The Balaban J connectivity index is 2.90. The van der Waals surface area contributed by atoms with Crippen LogP contribution in [0.2, 0.25) is 0 Å². The van der Waals surface area contributed by atoms with Crippen molar-refractivity contribution in [2.75, 3.05) is 13.7 Å². The number of methoxy groups -OCH3 is 1. The zero-order chi connectivity index (χ0) is 14.5. The number of sulfonamides is 1. The molecule has 0 aliphatic heterocycles. The molecule has 7 heteroatoms. The van der Waals surface area contributed by atoms with E-state index < -0.39 is 33.9 Å². The van der Waals surface area contributed by atoms with Crippen molar-refractivity contribution in [3.05, 3.63) is 35.9 Å². The molecule has 0 saturated carbocycles. The van der Waals surface area contributed by atoms with E-state index in [0.717, 1.165) is 7.11 Å². The van der Waals surface area contributed by atoms with Crippen LogP contribution in [-0.4, -0.2) is 38.5 Å². The largest absolute Gasteiger partial charge is 0.468 e. The van der Waals surface area contributed by atoms with Crippen molar-refractivity contribution in [1.82, 2.24) is 4.72 Å². The second kappa shape index (κ2) is 6.65. The van der Waals surface area contributed by atoms with Gasteiger partial charge in [-0.1, -0.05) is 30.3 Å². The highest BCUT2D eigenvalue weighted by molar-refractivity contribution is 7.90. The maximum Gasteiger partial charge on any atom is 0.325 e. The summed E-state index contributed by atoms with van der Waals surface area (Å²) in [5.41, 5.74) is 0.616. The topological polar surface area (TPSA) is 92.7 Å². The lowest BCUT2D eigenvalue weighted by Gasteiger charge is -2.19. The van der Waals surface area contributed by atoms with E-state index in [9.17, 15) is 18.3 Å². The average Bonchev–Trinajstić information content (AvgIpc) is 2.44. The number of aliphatic hydroxyl groups excluding tert-OH is 1. The van der Waals surface area contributed by atoms with Crippen LogP contribution in [-0.2, 0) is 19.6 Å². The maximum atomic E-state index is 12.0. The second-order valence-corrected chi connectivity index (χ2v) is 6.01. The van der Waals surface area contributed by atoms with Gasteiger partial charge in [0.2, 0.25) is 10.0 Å². The Morgan fingerprint density at radius 2 is 1.95 bits per heavy atom. The molecule has 6 nitrogen and oxygen atoms in total. The average molecular weight is 287 g/mol. The lowest BCUT2D eigenvalue weighted by atomic mass is 10.1. The second-order valence-electron chi connectivity index (χ2n) is 3.97. The van der Waals surface area contributed by atoms with Gasteiger partial charge >= 0.3 is 5.97 Å². The quantitative estimate of drug-likeness (QED) is 0.729. The van der Waals surface area contributed by atoms with Gasteiger partial charge in [0, 0.05) is 0 Å². The van der Waals surface area contributed by atoms with Gasteiger partial charge in [0.25, 0.3) is 0 Å². The van der Waals surface area contributed by atoms with Crippen molar-refractivity contribution >= 4 is 16.0 Å². The van der Waals surface area contributed by atoms with E-state index in [1.165, 1.54) is 6.92 Å². The third kappa shape index (κ3) is 4.02. The summed E-state index contributed by atoms with van der Waals surface area (Å²) in [6.07, 6.45) is 0. The minimum absolute atomic E-state index is 0.406. The third-order valence-corrected chi connectivity index (χ3v) is 4.43. The van der Waals surface area contributed by atoms with Crippen LogP contribution in [0, 0.1) is 0 Å². The highest BCUT2D eigenvalue weighted by atomic mass is 32.2. The summed E-state index contributed by atoms with van der Waals surface area (Å²) in [5.74, 6) is -0.850. The van der Waals surface area contributed by atoms with Crippen LogP contribution in [0.4, 0.5) is 0 Å². The Morgan fingerprint density at radius 3 is 2.42 bits per heavy atom. The molecule has 106 valence electrons. The Kier molecular flexibility index (Phi) is 5.46. The minimum atomic E-state index is -3.92. The number of hydrogen-bond donors (Lipinski definition) is 2. The Bertz CT molecular complexity index is 514. The van der Waals surface area contributed by atoms with Gasteiger partial charge < -0.3 is 9.84 Å². The number of carbonyl (C=O) groups is 1. The van der Waals surface area contributed by atoms with Crippen LogP contribution >= 0.6 is 0 Å². The van der Waals surface area contributed by atoms with Gasteiger partial charge in [-0.2, -0.15) is 0 Å². The first-order valence-electron chi connectivity index (χ1n) is 5.67. The summed E-state index contributed by atoms with van der Waals surface area (Å²) in [6, 6.07) is 7.83. The lowest BCUT2D eigenvalue weighted by Crippen LogP contribution is -2.41. The fourth-order valence-electron chi connectivity index (χ4n) is 1.49. The monoisotopic (exact) mass is 287 g/mol. The predicted molar refractivity (Wildman–Crippen MR) is 69.8 cm³/mol. The molecule has 2 N–H and O–H groups in total. The molecule has 0 aliphatic rings. The summed E-state index contributed by atoms with van der Waals surface area (Å²) in [5, 5.41) is 7.94. The summed E-state index contributed by atoms with van der Waals surface area (Å²) in [6.45, 7) is 0.824. The number of nitrogens with one attached hydrogen (secondary N) is 1. The molecular formula is C12H17NO5S. The number of benzene rings is 1. The Labute approximate surface area is 112 Å². The normalized spacial score (nSPS) is 14.7. The maximum absolute atomic E-state index is 12.0. The molecule has 1 aromatic carbocycles. The fraction of sp³-hybridized carbons (Fsp3) is 0.417. The molecular weight excluding hydrogens is 270 g/mol. The van der Waals surface area contributed by atoms with Crippen molar-refractivity contribution in [1.29, 1.82) is 0 Å². The number of carbonyl (C=O) groups excluding carboxylic acids is 1. The van der Waals surface area contributed by atoms with Crippen LogP contribution in [0.5, 0.6) is 0 Å². The number of hydrogen-bond acceptors (Lipinski definition) is 5. The van der Waals surface area contributed by atoms with Crippen molar-refractivity contribution in [2.24, 2.45) is 0 Å². The van der Waals surface area contributed by atoms with Gasteiger partial charge in [-0.3, -0.25) is 4.79 Å². The van der Waals surface area contributed by atoms with Crippen molar-refractivity contribution in [3.8, 4) is 0 Å². The molecule has 1 aromatic rings. The first-order chi connectivity index (χ1) is 8.92. The number of rotatable bonds is 6. The molecule has 0 heterocycles. The number of ether oxygens (including phenoxy) is 1. The zero-order valence-corrected chi connectivity index (χ0v) is 11.6. The van der Waals surface area contributed by atoms with Gasteiger partial charge in [0.05, 0.1) is 19.8 Å². The highest BCUT2D eigenvalue weighted by Crippen LogP contribution is 2.14. The Hall–Kier alpha value is -1.44. The smallest absolute Gasteiger partial charge is 0.325 e. The Morgan fingerprint density at radius 1 is 1.37 bits per heavy atom. The highest BCUT2D eigenvalue weighted by Gasteiger charge is 2.31. The van der Waals surface area contributed by atoms with Crippen LogP contribution in [0.1, 0.15) is 18.5 Å². The number of aliphatic hydroxyl groups is 1. The van der Waals surface area contributed by atoms with E-state index >= 15 is 0 Å². The molecule has 0 bridgehead atoms. The standard InChI is InChI=1S/C12H17NO5S/c1-9(12(15)18-2)19(16,17)13-11(8-14)10-6-4-3-5-7-10/h3-7,9,11,13-14H,8H2,1-2H3/t9?,11-/m1/s1. The van der Waals surface area contributed by atoms with E-state index in [1.54, 1.807) is 30.3 Å². The van der Waals surface area contributed by atoms with Gasteiger partial charge in [-0.15, -0.1) is 0 Å². The molecule has 0 aromatic heterocycles. The number of esters is 1. The molecule has 1 unspecified atom stereocenters. The van der Waals surface area contributed by atoms with Crippen molar-refractivity contribution in [3.63, 3.8) is 0 Å². The van der Waals surface area contributed by atoms with Gasteiger partial charge in [-0.05, 0) is 12.5 Å². The van der Waals surface area contributed by atoms with E-state index in [0.29, 0.717) is 5.56 Å². The van der Waals surface area contributed by atoms with E-state index in [4.69, 9.17) is 0 Å². The third-order valence-electron chi connectivity index (χ3n) is 2.69. The first-order valence-corrected chi connectivity index (χ1v) is 7.21. The van der Waals surface area contributed by atoms with Crippen LogP contribution in [0.3, 0.4) is 0 Å². The van der Waals surface area contributed by atoms with E-state index in [1.807, 2.05) is 0 Å². The molecule has 1 rings (SSSR count). The predicted octanol–water partition coefficient (Wildman–Crippen LogP) is 0.201. The lowest BCUT2D eigenvalue weighted by molar-refractivity contribution is -0.139. The molecule has 0 aliphatic carbocycles. The molecule has 2 atom stereocenters. The molecule has 0 amide bonds. The fourth-order valence-corrected chi connectivity index (χ4v) is 2.65. The zero-order valence-electron chi connectivity index (χ0n) is 10.7. The summed E-state index contributed by atoms with van der Waals surface area (Å²) >= 11 is 0. The van der Waals surface area contributed by atoms with Crippen LogP contribution in [0.25, 0.3) is 0 Å². The van der Waals surface area contributed by atoms with Crippen LogP contribution in [0.15, 0.2) is 30.3 Å². The summed E-state index contributed by atoms with van der Waals surface area (Å²) < 4.78 is 30.6. The van der Waals surface area contributed by atoms with Crippen molar-refractivity contribution in [2.45, 2.75) is 18.2 Å². The van der Waals surface area contributed by atoms with E-state index in [2.05, 4.69) is 9.46 Å². The molecule has 0 radical (unpaired) electrons. The van der Waals surface area contributed by atoms with E-state index in [-0.39, 0.29) is 0 Å². The van der Waals surface area contributed by atoms with Gasteiger partial charge in [0.15, 0.2) is 5.25 Å². The van der Waals surface area contributed by atoms with Crippen molar-refractivity contribution < 1.29 is 23.1 Å². The first kappa shape index (κ1) is 15.6. The summed E-state index contributed by atoms with van der Waals surface area (Å²) in [4.78, 5) is 11.3.